The first-order valence-electron chi connectivity index (χ1n) is 11.4. The molecule has 2 amide bonds. The molecule has 9 nitrogen and oxygen atoms in total. The van der Waals surface area contributed by atoms with Gasteiger partial charge in [-0.05, 0) is 85.4 Å². The zero-order chi connectivity index (χ0) is 25.0. The van der Waals surface area contributed by atoms with E-state index in [1.807, 2.05) is 77.6 Å². The largest absolute Gasteiger partial charge is 0.484 e. The number of amides is 2. The van der Waals surface area contributed by atoms with E-state index in [1.165, 1.54) is 5.12 Å². The number of ether oxygens (including phenoxy) is 2. The number of piperidine rings is 1. The number of nitrogens with two attached hydrogens (primary N) is 2. The molecule has 0 radical (unpaired) electrons. The summed E-state index contributed by atoms with van der Waals surface area (Å²) in [6, 6.07) is 7.51. The van der Waals surface area contributed by atoms with Crippen molar-refractivity contribution in [3.8, 4) is 5.75 Å². The van der Waals surface area contributed by atoms with Crippen LogP contribution in [0.1, 0.15) is 66.9 Å². The predicted molar refractivity (Wildman–Crippen MR) is 128 cm³/mol. The SMILES string of the molecule is CC(C)(C)OC(=O)NCCc1ccc(OCC(=O)N2C(C)(C)CC(N(N)N)CC2(C)C)cc1. The number of hydrogen-bond donors (Lipinski definition) is 3. The molecule has 0 spiro atoms. The summed E-state index contributed by atoms with van der Waals surface area (Å²) in [4.78, 5) is 26.7. The number of rotatable bonds is 7. The molecule has 33 heavy (non-hydrogen) atoms. The molecule has 0 bridgehead atoms. The summed E-state index contributed by atoms with van der Waals surface area (Å²) >= 11 is 0. The van der Waals surface area contributed by atoms with Gasteiger partial charge >= 0.3 is 6.09 Å². The Bertz CT molecular complexity index is 797. The van der Waals surface area contributed by atoms with Gasteiger partial charge in [-0.3, -0.25) is 16.5 Å². The molecule has 186 valence electrons. The number of carbonyl (C=O) groups excluding carboxylic acids is 2. The lowest BCUT2D eigenvalue weighted by Gasteiger charge is -2.55. The molecule has 1 aliphatic rings. The highest BCUT2D eigenvalue weighted by Gasteiger charge is 2.48. The normalized spacial score (nSPS) is 18.2. The van der Waals surface area contributed by atoms with Crippen molar-refractivity contribution in [2.45, 2.75) is 90.4 Å². The second-order valence-corrected chi connectivity index (χ2v) is 11.0. The van der Waals surface area contributed by atoms with E-state index < -0.39 is 22.8 Å². The molecule has 1 aromatic rings. The van der Waals surface area contributed by atoms with Crippen molar-refractivity contribution in [3.63, 3.8) is 0 Å². The van der Waals surface area contributed by atoms with Crippen molar-refractivity contribution < 1.29 is 19.1 Å². The van der Waals surface area contributed by atoms with Gasteiger partial charge in [0.2, 0.25) is 0 Å². The Morgan fingerprint density at radius 2 is 1.64 bits per heavy atom. The number of hydrazine groups is 2. The van der Waals surface area contributed by atoms with Gasteiger partial charge in [-0.2, -0.15) is 5.12 Å². The standard InChI is InChI=1S/C24H41N5O4/c1-22(2,3)33-21(31)27-13-12-17-8-10-19(11-9-17)32-16-20(30)28-23(4,5)14-18(29(25)26)15-24(28,6)7/h8-11,18H,12-16,25-26H2,1-7H3,(H,27,31). The van der Waals surface area contributed by atoms with Crippen LogP contribution in [0.3, 0.4) is 0 Å². The lowest BCUT2D eigenvalue weighted by atomic mass is 9.77. The third kappa shape index (κ3) is 7.87. The summed E-state index contributed by atoms with van der Waals surface area (Å²) in [6.07, 6.45) is 1.60. The molecular weight excluding hydrogens is 422 g/mol. The van der Waals surface area contributed by atoms with E-state index in [1.54, 1.807) is 0 Å². The lowest BCUT2D eigenvalue weighted by molar-refractivity contribution is -0.155. The summed E-state index contributed by atoms with van der Waals surface area (Å²) in [5, 5.41) is 4.00. The molecule has 5 N–H and O–H groups in total. The Hall–Kier alpha value is -2.36. The van der Waals surface area contributed by atoms with Gasteiger partial charge in [0.1, 0.15) is 11.4 Å². The van der Waals surface area contributed by atoms with Gasteiger partial charge in [-0.1, -0.05) is 12.1 Å². The summed E-state index contributed by atoms with van der Waals surface area (Å²) in [7, 11) is 0. The number of likely N-dealkylation sites (tertiary alicyclic amines) is 1. The Morgan fingerprint density at radius 1 is 1.09 bits per heavy atom. The highest BCUT2D eigenvalue weighted by molar-refractivity contribution is 5.79. The van der Waals surface area contributed by atoms with Gasteiger partial charge in [-0.25, -0.2) is 4.79 Å². The molecule has 1 heterocycles. The number of carbonyl (C=O) groups is 2. The van der Waals surface area contributed by atoms with Crippen molar-refractivity contribution >= 4 is 12.0 Å². The maximum absolute atomic E-state index is 13.1. The van der Waals surface area contributed by atoms with Crippen LogP contribution in [-0.4, -0.2) is 57.9 Å². The van der Waals surface area contributed by atoms with Crippen LogP contribution in [0.2, 0.25) is 0 Å². The van der Waals surface area contributed by atoms with Crippen LogP contribution >= 0.6 is 0 Å². The molecule has 9 heteroatoms. The highest BCUT2D eigenvalue weighted by Crippen LogP contribution is 2.39. The van der Waals surface area contributed by atoms with Crippen LogP contribution in [0, 0.1) is 0 Å². The molecular formula is C24H41N5O4. The van der Waals surface area contributed by atoms with E-state index in [9.17, 15) is 9.59 Å². The zero-order valence-electron chi connectivity index (χ0n) is 21.1. The molecule has 1 fully saturated rings. The maximum Gasteiger partial charge on any atom is 0.407 e. The fourth-order valence-corrected chi connectivity index (χ4v) is 4.70. The number of benzene rings is 1. The lowest BCUT2D eigenvalue weighted by Crippen LogP contribution is -2.68. The minimum atomic E-state index is -0.518. The summed E-state index contributed by atoms with van der Waals surface area (Å²) in [5.74, 6) is 12.2. The quantitative estimate of drug-likeness (QED) is 0.420. The van der Waals surface area contributed by atoms with Gasteiger partial charge in [0.05, 0.1) is 0 Å². The summed E-state index contributed by atoms with van der Waals surface area (Å²) in [5.41, 5.74) is -0.290. The first-order chi connectivity index (χ1) is 15.1. The van der Waals surface area contributed by atoms with Crippen molar-refractivity contribution in [3.05, 3.63) is 29.8 Å². The van der Waals surface area contributed by atoms with Crippen molar-refractivity contribution in [2.75, 3.05) is 13.2 Å². The van der Waals surface area contributed by atoms with Crippen LogP contribution in [0.4, 0.5) is 4.79 Å². The summed E-state index contributed by atoms with van der Waals surface area (Å²) in [6.45, 7) is 14.0. The van der Waals surface area contributed by atoms with Gasteiger partial charge in [-0.15, -0.1) is 0 Å². The van der Waals surface area contributed by atoms with E-state index >= 15 is 0 Å². The topological polar surface area (TPSA) is 123 Å². The third-order valence-corrected chi connectivity index (χ3v) is 5.72. The predicted octanol–water partition coefficient (Wildman–Crippen LogP) is 2.73. The Kier molecular flexibility index (Phi) is 8.37. The van der Waals surface area contributed by atoms with Crippen LogP contribution in [0.15, 0.2) is 24.3 Å². The average molecular weight is 464 g/mol. The maximum atomic E-state index is 13.1. The fraction of sp³-hybridized carbons (Fsp3) is 0.667. The zero-order valence-corrected chi connectivity index (χ0v) is 21.1. The van der Waals surface area contributed by atoms with Crippen molar-refractivity contribution in [1.29, 1.82) is 0 Å². The first kappa shape index (κ1) is 26.9. The van der Waals surface area contributed by atoms with Crippen LogP contribution in [-0.2, 0) is 16.0 Å². The smallest absolute Gasteiger partial charge is 0.407 e. The molecule has 1 aliphatic heterocycles. The van der Waals surface area contributed by atoms with Gasteiger partial charge < -0.3 is 19.7 Å². The van der Waals surface area contributed by atoms with Crippen LogP contribution in [0.5, 0.6) is 5.75 Å². The molecule has 0 atom stereocenters. The van der Waals surface area contributed by atoms with E-state index in [-0.39, 0.29) is 18.6 Å². The Morgan fingerprint density at radius 3 is 2.12 bits per heavy atom. The Balaban J connectivity index is 1.88. The monoisotopic (exact) mass is 463 g/mol. The molecule has 0 aromatic heterocycles. The van der Waals surface area contributed by atoms with Crippen LogP contribution < -0.4 is 21.7 Å². The molecule has 1 aromatic carbocycles. The van der Waals surface area contributed by atoms with E-state index in [0.29, 0.717) is 31.6 Å². The molecule has 0 saturated carbocycles. The minimum Gasteiger partial charge on any atom is -0.484 e. The van der Waals surface area contributed by atoms with Gasteiger partial charge in [0.15, 0.2) is 6.61 Å². The number of hydrogen-bond acceptors (Lipinski definition) is 7. The van der Waals surface area contributed by atoms with E-state index in [4.69, 9.17) is 21.2 Å². The third-order valence-electron chi connectivity index (χ3n) is 5.72. The van der Waals surface area contributed by atoms with E-state index in [2.05, 4.69) is 5.32 Å². The number of alkyl carbamates (subject to hydrolysis) is 1. The number of nitrogens with zero attached hydrogens (tertiary/aromatic N) is 2. The Labute approximate surface area is 197 Å². The second kappa shape index (κ2) is 10.3. The van der Waals surface area contributed by atoms with Gasteiger partial charge in [0.25, 0.3) is 5.91 Å². The van der Waals surface area contributed by atoms with Gasteiger partial charge in [0, 0.05) is 23.7 Å². The molecule has 0 aliphatic carbocycles. The average Bonchev–Trinajstić information content (AvgIpc) is 2.64. The summed E-state index contributed by atoms with van der Waals surface area (Å²) < 4.78 is 11.0. The van der Waals surface area contributed by atoms with E-state index in [0.717, 1.165) is 5.56 Å². The minimum absolute atomic E-state index is 0.00248. The van der Waals surface area contributed by atoms with Crippen molar-refractivity contribution in [1.82, 2.24) is 15.3 Å². The fourth-order valence-electron chi connectivity index (χ4n) is 4.70. The second-order valence-electron chi connectivity index (χ2n) is 11.0. The van der Waals surface area contributed by atoms with Crippen molar-refractivity contribution in [2.24, 2.45) is 11.7 Å². The first-order valence-corrected chi connectivity index (χ1v) is 11.4. The highest BCUT2D eigenvalue weighted by atomic mass is 16.6. The molecule has 1 saturated heterocycles. The van der Waals surface area contributed by atoms with Crippen LogP contribution in [0.25, 0.3) is 0 Å². The molecule has 2 rings (SSSR count). The molecule has 0 unspecified atom stereocenters. The number of nitrogens with one attached hydrogen (secondary N) is 1.